The maximum absolute atomic E-state index is 13.1. The van der Waals surface area contributed by atoms with Gasteiger partial charge in [0.2, 0.25) is 5.76 Å². The fourth-order valence-electron chi connectivity index (χ4n) is 5.05. The molecule has 2 fully saturated rings. The van der Waals surface area contributed by atoms with Gasteiger partial charge in [0.25, 0.3) is 5.88 Å². The van der Waals surface area contributed by atoms with Gasteiger partial charge >= 0.3 is 12.0 Å². The van der Waals surface area contributed by atoms with E-state index in [1.165, 1.54) is 17.3 Å². The summed E-state index contributed by atoms with van der Waals surface area (Å²) in [4.78, 5) is 39.1. The van der Waals surface area contributed by atoms with Gasteiger partial charge in [-0.05, 0) is 45.0 Å². The normalized spacial score (nSPS) is 22.8. The van der Waals surface area contributed by atoms with Crippen LogP contribution in [0.2, 0.25) is 0 Å². The molecule has 0 aliphatic carbocycles. The predicted octanol–water partition coefficient (Wildman–Crippen LogP) is 2.65. The van der Waals surface area contributed by atoms with Crippen molar-refractivity contribution in [2.24, 2.45) is 0 Å². The van der Waals surface area contributed by atoms with Crippen LogP contribution >= 0.6 is 0 Å². The van der Waals surface area contributed by atoms with Gasteiger partial charge in [-0.15, -0.1) is 0 Å². The monoisotopic (exact) mass is 583 g/mol. The van der Waals surface area contributed by atoms with Gasteiger partial charge in [0.15, 0.2) is 29.0 Å². The summed E-state index contributed by atoms with van der Waals surface area (Å²) >= 11 is 0. The van der Waals surface area contributed by atoms with Crippen molar-refractivity contribution in [1.29, 1.82) is 0 Å². The second-order valence-corrected chi connectivity index (χ2v) is 10.2. The van der Waals surface area contributed by atoms with Crippen molar-refractivity contribution in [3.63, 3.8) is 0 Å². The number of furan rings is 1. The maximum atomic E-state index is 13.1. The number of nitrogens with one attached hydrogen (secondary N) is 1. The molecular formula is C26H29N7O9. The molecule has 42 heavy (non-hydrogen) atoms. The zero-order valence-electron chi connectivity index (χ0n) is 23.2. The highest BCUT2D eigenvalue weighted by molar-refractivity contribution is 5.97. The lowest BCUT2D eigenvalue weighted by Crippen LogP contribution is -2.40. The molecule has 6 heterocycles. The lowest BCUT2D eigenvalue weighted by Gasteiger charge is -2.24. The second-order valence-electron chi connectivity index (χ2n) is 10.2. The summed E-state index contributed by atoms with van der Waals surface area (Å²) in [5.74, 6) is -0.935. The quantitative estimate of drug-likeness (QED) is 0.293. The topological polar surface area (TPSA) is 189 Å². The first-order valence-corrected chi connectivity index (χ1v) is 13.3. The largest absolute Gasteiger partial charge is 0.475 e. The third kappa shape index (κ3) is 5.15. The molecule has 2 aliphatic rings. The maximum Gasteiger partial charge on any atom is 0.374 e. The van der Waals surface area contributed by atoms with Crippen LogP contribution in [-0.2, 0) is 20.8 Å². The first-order chi connectivity index (χ1) is 20.1. The number of carbonyl (C=O) groups is 2. The lowest BCUT2D eigenvalue weighted by atomic mass is 10.1. The number of aromatic nitrogens is 5. The highest BCUT2D eigenvalue weighted by Gasteiger charge is 2.56. The number of anilines is 1. The molecule has 222 valence electrons. The number of fused-ring (bicyclic) bond motifs is 2. The third-order valence-corrected chi connectivity index (χ3v) is 6.77. The third-order valence-electron chi connectivity index (χ3n) is 6.77. The Bertz CT molecular complexity index is 1610. The molecule has 4 atom stereocenters. The van der Waals surface area contributed by atoms with Crippen molar-refractivity contribution >= 4 is 29.0 Å². The van der Waals surface area contributed by atoms with Crippen LogP contribution in [0.4, 0.5) is 10.6 Å². The van der Waals surface area contributed by atoms with E-state index in [4.69, 9.17) is 33.0 Å². The van der Waals surface area contributed by atoms with Crippen LogP contribution in [0.5, 0.6) is 5.88 Å². The number of ether oxygens (including phenoxy) is 4. The van der Waals surface area contributed by atoms with Crippen molar-refractivity contribution in [2.45, 2.75) is 64.6 Å². The van der Waals surface area contributed by atoms with E-state index in [2.05, 4.69) is 25.4 Å². The van der Waals surface area contributed by atoms with E-state index >= 15 is 0 Å². The van der Waals surface area contributed by atoms with E-state index in [1.807, 2.05) is 19.9 Å². The number of carboxylic acids is 1. The number of carboxylic acid groups (broad SMARTS) is 1. The molecular weight excluding hydrogens is 554 g/mol. The van der Waals surface area contributed by atoms with Crippen LogP contribution in [0.1, 0.15) is 49.1 Å². The van der Waals surface area contributed by atoms with Gasteiger partial charge in [0.1, 0.15) is 42.8 Å². The molecule has 2 amide bonds. The number of imidazole rings is 1. The summed E-state index contributed by atoms with van der Waals surface area (Å²) in [6, 6.07) is 4.42. The second kappa shape index (κ2) is 10.7. The molecule has 0 aromatic carbocycles. The molecule has 16 nitrogen and oxygen atoms in total. The SMILES string of the molecule is CCNC(=O)N(Cc1ccc(C)o1)c1ncnc2c1ncn2C1OC(COc2cc(C(=O)O)on2)C2OC(C)(C)OC21. The summed E-state index contributed by atoms with van der Waals surface area (Å²) in [5, 5.41) is 15.5. The van der Waals surface area contributed by atoms with E-state index in [-0.39, 0.29) is 36.6 Å². The van der Waals surface area contributed by atoms with Gasteiger partial charge < -0.3 is 38.3 Å². The molecule has 4 aromatic heterocycles. The smallest absolute Gasteiger partial charge is 0.374 e. The van der Waals surface area contributed by atoms with Gasteiger partial charge in [-0.25, -0.2) is 24.5 Å². The average Bonchev–Trinajstić information content (AvgIpc) is 3.76. The number of aromatic carboxylic acids is 1. The number of aryl methyl sites for hydroxylation is 1. The minimum atomic E-state index is -1.26. The van der Waals surface area contributed by atoms with E-state index in [9.17, 15) is 9.59 Å². The van der Waals surface area contributed by atoms with Gasteiger partial charge in [-0.2, -0.15) is 0 Å². The van der Waals surface area contributed by atoms with Crippen molar-refractivity contribution < 1.29 is 42.6 Å². The molecule has 16 heteroatoms. The number of urea groups is 1. The number of carbonyl (C=O) groups excluding carboxylic acids is 1. The van der Waals surface area contributed by atoms with Crippen LogP contribution in [0.3, 0.4) is 0 Å². The molecule has 0 spiro atoms. The first-order valence-electron chi connectivity index (χ1n) is 13.3. The standard InChI is InChI=1S/C26H29N7O9/c1-5-27-25(36)32(9-14-7-6-13(2)38-14)21-18-22(29-11-28-21)33(12-30-18)23-20-19(40-26(3,4)41-20)16(39-23)10-37-17-8-15(24(34)35)42-31-17/h6-8,11-12,16,19-20,23H,5,9-10H2,1-4H3,(H,27,36)(H,34,35). The van der Waals surface area contributed by atoms with Gasteiger partial charge in [0.05, 0.1) is 18.9 Å². The summed E-state index contributed by atoms with van der Waals surface area (Å²) in [5.41, 5.74) is 0.778. The Kier molecular flexibility index (Phi) is 7.04. The van der Waals surface area contributed by atoms with Crippen molar-refractivity contribution in [1.82, 2.24) is 30.0 Å². The van der Waals surface area contributed by atoms with E-state index in [0.717, 1.165) is 5.76 Å². The molecule has 2 saturated heterocycles. The molecule has 2 N–H and O–H groups in total. The average molecular weight is 584 g/mol. The highest BCUT2D eigenvalue weighted by atomic mass is 16.8. The number of nitrogens with zero attached hydrogens (tertiary/aromatic N) is 6. The summed E-state index contributed by atoms with van der Waals surface area (Å²) in [7, 11) is 0. The zero-order valence-corrected chi connectivity index (χ0v) is 23.2. The Balaban J connectivity index is 1.30. The highest BCUT2D eigenvalue weighted by Crippen LogP contribution is 2.44. The van der Waals surface area contributed by atoms with E-state index in [1.54, 1.807) is 30.8 Å². The molecule has 4 unspecified atom stereocenters. The molecule has 6 rings (SSSR count). The lowest BCUT2D eigenvalue weighted by molar-refractivity contribution is -0.199. The van der Waals surface area contributed by atoms with Crippen molar-refractivity contribution in [3.8, 4) is 5.88 Å². The first kappa shape index (κ1) is 27.6. The molecule has 0 saturated carbocycles. The Morgan fingerprint density at radius 3 is 2.71 bits per heavy atom. The summed E-state index contributed by atoms with van der Waals surface area (Å²) < 4.78 is 36.5. The minimum Gasteiger partial charge on any atom is -0.475 e. The van der Waals surface area contributed by atoms with Crippen LogP contribution in [-0.4, -0.2) is 79.0 Å². The Morgan fingerprint density at radius 2 is 2.00 bits per heavy atom. The van der Waals surface area contributed by atoms with E-state index < -0.39 is 36.3 Å². The van der Waals surface area contributed by atoms with Crippen LogP contribution in [0.25, 0.3) is 11.2 Å². The fourth-order valence-corrected chi connectivity index (χ4v) is 5.05. The van der Waals surface area contributed by atoms with Crippen molar-refractivity contribution in [2.75, 3.05) is 18.1 Å². The van der Waals surface area contributed by atoms with Gasteiger partial charge in [-0.1, -0.05) is 0 Å². The fraction of sp³-hybridized carbons (Fsp3) is 0.462. The van der Waals surface area contributed by atoms with Crippen LogP contribution < -0.4 is 15.0 Å². The predicted molar refractivity (Wildman–Crippen MR) is 141 cm³/mol. The van der Waals surface area contributed by atoms with Crippen LogP contribution in [0.15, 0.2) is 39.8 Å². The van der Waals surface area contributed by atoms with Gasteiger partial charge in [0, 0.05) is 6.54 Å². The molecule has 0 bridgehead atoms. The number of rotatable bonds is 9. The Morgan fingerprint density at radius 1 is 1.19 bits per heavy atom. The van der Waals surface area contributed by atoms with Crippen LogP contribution in [0, 0.1) is 6.92 Å². The molecule has 4 aromatic rings. The van der Waals surface area contributed by atoms with Gasteiger partial charge in [-0.3, -0.25) is 9.47 Å². The summed E-state index contributed by atoms with van der Waals surface area (Å²) in [6.45, 7) is 7.75. The minimum absolute atomic E-state index is 0.00293. The Hall–Kier alpha value is -4.54. The number of amides is 2. The zero-order chi connectivity index (χ0) is 29.6. The Labute approximate surface area is 238 Å². The molecule has 0 radical (unpaired) electrons. The number of hydrogen-bond donors (Lipinski definition) is 2. The summed E-state index contributed by atoms with van der Waals surface area (Å²) in [6.07, 6.45) is 0.440. The molecule has 2 aliphatic heterocycles. The van der Waals surface area contributed by atoms with Crippen molar-refractivity contribution in [3.05, 3.63) is 48.1 Å². The number of hydrogen-bond acceptors (Lipinski definition) is 12. The van der Waals surface area contributed by atoms with E-state index in [0.29, 0.717) is 23.5 Å².